The van der Waals surface area contributed by atoms with Crippen molar-refractivity contribution in [3.63, 3.8) is 0 Å². The lowest BCUT2D eigenvalue weighted by Crippen LogP contribution is -2.28. The first-order valence-corrected chi connectivity index (χ1v) is 4.98. The fourth-order valence-electron chi connectivity index (χ4n) is 1.15. The van der Waals surface area contributed by atoms with Gasteiger partial charge in [0.15, 0.2) is 5.82 Å². The Labute approximate surface area is 92.6 Å². The number of halogens is 1. The molecule has 1 unspecified atom stereocenters. The number of benzene rings is 1. The predicted octanol–water partition coefficient (Wildman–Crippen LogP) is 1.88. The zero-order chi connectivity index (χ0) is 12.1. The van der Waals surface area contributed by atoms with Gasteiger partial charge in [-0.05, 0) is 12.5 Å². The number of non-ortho nitro benzene ring substituents is 1. The first kappa shape index (κ1) is 12.4. The van der Waals surface area contributed by atoms with Gasteiger partial charge in [-0.1, -0.05) is 6.92 Å². The molecule has 1 atom stereocenters. The van der Waals surface area contributed by atoms with Crippen molar-refractivity contribution in [2.45, 2.75) is 19.4 Å². The summed E-state index contributed by atoms with van der Waals surface area (Å²) in [5.74, 6) is -0.641. The molecule has 0 saturated heterocycles. The maximum atomic E-state index is 13.4. The van der Waals surface area contributed by atoms with E-state index in [1.54, 1.807) is 0 Å². The highest BCUT2D eigenvalue weighted by atomic mass is 19.1. The average Bonchev–Trinajstić information content (AvgIpc) is 2.26. The Bertz CT molecular complexity index is 384. The van der Waals surface area contributed by atoms with Gasteiger partial charge in [-0.25, -0.2) is 4.39 Å². The van der Waals surface area contributed by atoms with E-state index in [0.717, 1.165) is 12.5 Å². The molecule has 0 aromatic heterocycles. The van der Waals surface area contributed by atoms with Gasteiger partial charge in [0, 0.05) is 18.7 Å². The van der Waals surface area contributed by atoms with Gasteiger partial charge in [0.25, 0.3) is 5.69 Å². The topological polar surface area (TPSA) is 81.2 Å². The number of hydrogen-bond donors (Lipinski definition) is 2. The van der Waals surface area contributed by atoms with Crippen molar-refractivity contribution in [2.75, 3.05) is 11.9 Å². The molecule has 0 bridgehead atoms. The maximum absolute atomic E-state index is 13.4. The molecule has 1 aromatic carbocycles. The van der Waals surface area contributed by atoms with Crippen LogP contribution in [0.15, 0.2) is 18.2 Å². The molecule has 0 saturated carbocycles. The third-order valence-electron chi connectivity index (χ3n) is 2.24. The number of hydrogen-bond acceptors (Lipinski definition) is 4. The Morgan fingerprint density at radius 2 is 2.31 bits per heavy atom. The first-order chi connectivity index (χ1) is 7.54. The summed E-state index contributed by atoms with van der Waals surface area (Å²) < 4.78 is 13.4. The summed E-state index contributed by atoms with van der Waals surface area (Å²) in [7, 11) is 0. The summed E-state index contributed by atoms with van der Waals surface area (Å²) in [5, 5.41) is 13.2. The van der Waals surface area contributed by atoms with E-state index < -0.39 is 10.7 Å². The minimum atomic E-state index is -0.641. The van der Waals surface area contributed by atoms with Crippen molar-refractivity contribution in [1.82, 2.24) is 0 Å². The van der Waals surface area contributed by atoms with Crippen molar-refractivity contribution >= 4 is 11.4 Å². The van der Waals surface area contributed by atoms with Crippen molar-refractivity contribution in [3.05, 3.63) is 34.1 Å². The lowest BCUT2D eigenvalue weighted by Gasteiger charge is -2.11. The molecule has 3 N–H and O–H groups in total. The summed E-state index contributed by atoms with van der Waals surface area (Å²) in [6.07, 6.45) is 0.779. The van der Waals surface area contributed by atoms with Gasteiger partial charge < -0.3 is 11.1 Å². The molecule has 0 aliphatic carbocycles. The Balaban J connectivity index is 2.72. The third-order valence-corrected chi connectivity index (χ3v) is 2.24. The van der Waals surface area contributed by atoms with Crippen LogP contribution in [0, 0.1) is 15.9 Å². The summed E-state index contributed by atoms with van der Waals surface area (Å²) in [4.78, 5) is 9.74. The third kappa shape index (κ3) is 3.16. The van der Waals surface area contributed by atoms with Crippen LogP contribution in [-0.2, 0) is 0 Å². The van der Waals surface area contributed by atoms with E-state index in [-0.39, 0.29) is 17.4 Å². The zero-order valence-corrected chi connectivity index (χ0v) is 8.94. The van der Waals surface area contributed by atoms with Crippen LogP contribution < -0.4 is 11.1 Å². The molecule has 0 aliphatic heterocycles. The molecule has 88 valence electrons. The molecule has 0 amide bonds. The van der Waals surface area contributed by atoms with Gasteiger partial charge in [-0.15, -0.1) is 0 Å². The van der Waals surface area contributed by atoms with Crippen molar-refractivity contribution < 1.29 is 9.31 Å². The summed E-state index contributed by atoms with van der Waals surface area (Å²) in [6, 6.07) is 3.42. The molecule has 0 radical (unpaired) electrons. The van der Waals surface area contributed by atoms with Crippen LogP contribution in [0.1, 0.15) is 13.3 Å². The minimum absolute atomic E-state index is 0.0606. The highest BCUT2D eigenvalue weighted by Gasteiger charge is 2.10. The Kier molecular flexibility index (Phi) is 4.19. The zero-order valence-electron chi connectivity index (χ0n) is 8.94. The summed E-state index contributed by atoms with van der Waals surface area (Å²) >= 11 is 0. The second-order valence-corrected chi connectivity index (χ2v) is 3.47. The Morgan fingerprint density at radius 1 is 1.62 bits per heavy atom. The second kappa shape index (κ2) is 5.41. The Morgan fingerprint density at radius 3 is 2.81 bits per heavy atom. The molecular formula is C10H14FN3O2. The fourth-order valence-corrected chi connectivity index (χ4v) is 1.15. The molecule has 1 rings (SSSR count). The molecule has 1 aromatic rings. The van der Waals surface area contributed by atoms with Gasteiger partial charge >= 0.3 is 0 Å². The number of nitrogens with zero attached hydrogens (tertiary/aromatic N) is 1. The number of nitro benzene ring substituents is 1. The largest absolute Gasteiger partial charge is 0.381 e. The standard InChI is InChI=1S/C10H14FN3O2/c1-2-7(12)6-13-10-4-3-8(14(15)16)5-9(10)11/h3-5,7,13H,2,6,12H2,1H3. The normalized spacial score (nSPS) is 12.2. The minimum Gasteiger partial charge on any atom is -0.381 e. The molecule has 0 spiro atoms. The quantitative estimate of drug-likeness (QED) is 0.594. The molecule has 6 heteroatoms. The lowest BCUT2D eigenvalue weighted by molar-refractivity contribution is -0.385. The van der Waals surface area contributed by atoms with Crippen molar-refractivity contribution in [1.29, 1.82) is 0 Å². The van der Waals surface area contributed by atoms with Crippen LogP contribution in [0.3, 0.4) is 0 Å². The maximum Gasteiger partial charge on any atom is 0.272 e. The van der Waals surface area contributed by atoms with Crippen LogP contribution in [0.25, 0.3) is 0 Å². The van der Waals surface area contributed by atoms with Crippen molar-refractivity contribution in [3.8, 4) is 0 Å². The van der Waals surface area contributed by atoms with Crippen LogP contribution >= 0.6 is 0 Å². The molecule has 5 nitrogen and oxygen atoms in total. The van der Waals surface area contributed by atoms with E-state index in [0.29, 0.717) is 6.54 Å². The highest BCUT2D eigenvalue weighted by Crippen LogP contribution is 2.20. The Hall–Kier alpha value is -1.69. The van der Waals surface area contributed by atoms with Gasteiger partial charge in [0.05, 0.1) is 16.7 Å². The molecule has 16 heavy (non-hydrogen) atoms. The van der Waals surface area contributed by atoms with Crippen LogP contribution in [0.2, 0.25) is 0 Å². The summed E-state index contributed by atoms with van der Waals surface area (Å²) in [5.41, 5.74) is 5.63. The van der Waals surface area contributed by atoms with Gasteiger partial charge in [0.1, 0.15) is 0 Å². The van der Waals surface area contributed by atoms with Crippen LogP contribution in [-0.4, -0.2) is 17.5 Å². The van der Waals surface area contributed by atoms with E-state index in [1.165, 1.54) is 12.1 Å². The predicted molar refractivity (Wildman–Crippen MR) is 59.8 cm³/mol. The lowest BCUT2D eigenvalue weighted by atomic mass is 10.2. The molecule has 0 heterocycles. The SMILES string of the molecule is CCC(N)CNc1ccc([N+](=O)[O-])cc1F. The average molecular weight is 227 g/mol. The number of nitrogens with one attached hydrogen (secondary N) is 1. The second-order valence-electron chi connectivity index (χ2n) is 3.47. The highest BCUT2D eigenvalue weighted by molar-refractivity contribution is 5.50. The van der Waals surface area contributed by atoms with E-state index in [2.05, 4.69) is 5.32 Å². The smallest absolute Gasteiger partial charge is 0.272 e. The van der Waals surface area contributed by atoms with Crippen molar-refractivity contribution in [2.24, 2.45) is 5.73 Å². The van der Waals surface area contributed by atoms with Gasteiger partial charge in [-0.3, -0.25) is 10.1 Å². The summed E-state index contributed by atoms with van der Waals surface area (Å²) in [6.45, 7) is 2.36. The van der Waals surface area contributed by atoms with Gasteiger partial charge in [0.2, 0.25) is 0 Å². The van der Waals surface area contributed by atoms with E-state index in [9.17, 15) is 14.5 Å². The van der Waals surface area contributed by atoms with Crippen LogP contribution in [0.5, 0.6) is 0 Å². The van der Waals surface area contributed by atoms with E-state index >= 15 is 0 Å². The van der Waals surface area contributed by atoms with E-state index in [4.69, 9.17) is 5.73 Å². The fraction of sp³-hybridized carbons (Fsp3) is 0.400. The van der Waals surface area contributed by atoms with E-state index in [1.807, 2.05) is 6.92 Å². The van der Waals surface area contributed by atoms with Gasteiger partial charge in [-0.2, -0.15) is 0 Å². The number of nitro groups is 1. The van der Waals surface area contributed by atoms with Crippen LogP contribution in [0.4, 0.5) is 15.8 Å². The molecule has 0 fully saturated rings. The molecule has 0 aliphatic rings. The number of anilines is 1. The first-order valence-electron chi connectivity index (χ1n) is 4.98. The number of rotatable bonds is 5. The monoisotopic (exact) mass is 227 g/mol. The molecular weight excluding hydrogens is 213 g/mol. The number of nitrogens with two attached hydrogens (primary N) is 1.